The maximum atomic E-state index is 11.5. The molecule has 2 N–H and O–H groups in total. The van der Waals surface area contributed by atoms with Crippen LogP contribution in [0.15, 0.2) is 27.3 Å². The zero-order valence-corrected chi connectivity index (χ0v) is 10.8. The summed E-state index contributed by atoms with van der Waals surface area (Å²) in [6.45, 7) is 4.47. The molecule has 0 radical (unpaired) electrons. The van der Waals surface area contributed by atoms with E-state index >= 15 is 0 Å². The van der Waals surface area contributed by atoms with Crippen LogP contribution in [-0.2, 0) is 13.1 Å². The van der Waals surface area contributed by atoms with Crippen LogP contribution in [0.1, 0.15) is 37.2 Å². The van der Waals surface area contributed by atoms with Crippen LogP contribution >= 0.6 is 0 Å². The number of amides is 2. The molecule has 102 valence electrons. The number of aromatic nitrogens is 2. The van der Waals surface area contributed by atoms with E-state index in [4.69, 9.17) is 8.94 Å². The van der Waals surface area contributed by atoms with Gasteiger partial charge in [0.15, 0.2) is 5.82 Å². The lowest BCUT2D eigenvalue weighted by Crippen LogP contribution is -2.34. The van der Waals surface area contributed by atoms with Gasteiger partial charge in [0.1, 0.15) is 5.76 Å². The molecule has 0 spiro atoms. The summed E-state index contributed by atoms with van der Waals surface area (Å²) < 4.78 is 10.1. The summed E-state index contributed by atoms with van der Waals surface area (Å²) in [5.74, 6) is 1.91. The van der Waals surface area contributed by atoms with Gasteiger partial charge < -0.3 is 19.6 Å². The fourth-order valence-corrected chi connectivity index (χ4v) is 1.37. The predicted octanol–water partition coefficient (Wildman–Crippen LogP) is 1.79. The maximum absolute atomic E-state index is 11.5. The van der Waals surface area contributed by atoms with Crippen molar-refractivity contribution >= 4 is 6.03 Å². The number of furan rings is 1. The molecule has 7 nitrogen and oxygen atoms in total. The Morgan fingerprint density at radius 2 is 2.16 bits per heavy atom. The SMILES string of the molecule is CC(C)c1noc(CNC(=O)NCc2ccco2)n1. The second-order valence-electron chi connectivity index (χ2n) is 4.32. The lowest BCUT2D eigenvalue weighted by Gasteiger charge is -2.03. The molecule has 0 bridgehead atoms. The number of hydrogen-bond donors (Lipinski definition) is 2. The number of urea groups is 1. The molecule has 0 atom stereocenters. The van der Waals surface area contributed by atoms with Crippen LogP contribution < -0.4 is 10.6 Å². The highest BCUT2D eigenvalue weighted by atomic mass is 16.5. The Hall–Kier alpha value is -2.31. The van der Waals surface area contributed by atoms with Gasteiger partial charge in [0.05, 0.1) is 19.4 Å². The lowest BCUT2D eigenvalue weighted by atomic mass is 10.2. The van der Waals surface area contributed by atoms with Crippen molar-refractivity contribution < 1.29 is 13.7 Å². The molecule has 2 aromatic rings. The molecular weight excluding hydrogens is 248 g/mol. The van der Waals surface area contributed by atoms with E-state index in [0.717, 1.165) is 0 Å². The Bertz CT molecular complexity index is 519. The van der Waals surface area contributed by atoms with Gasteiger partial charge >= 0.3 is 6.03 Å². The van der Waals surface area contributed by atoms with E-state index in [2.05, 4.69) is 20.8 Å². The van der Waals surface area contributed by atoms with Crippen LogP contribution in [0.25, 0.3) is 0 Å². The molecular formula is C12H16N4O3. The Balaban J connectivity index is 1.73. The Labute approximate surface area is 110 Å². The molecule has 2 heterocycles. The van der Waals surface area contributed by atoms with E-state index in [1.807, 2.05) is 13.8 Å². The molecule has 0 saturated heterocycles. The molecule has 2 amide bonds. The summed E-state index contributed by atoms with van der Waals surface area (Å²) in [6, 6.07) is 3.23. The highest BCUT2D eigenvalue weighted by molar-refractivity contribution is 5.73. The molecule has 0 fully saturated rings. The second-order valence-corrected chi connectivity index (χ2v) is 4.32. The van der Waals surface area contributed by atoms with Crippen molar-refractivity contribution in [3.05, 3.63) is 35.9 Å². The third-order valence-electron chi connectivity index (χ3n) is 2.40. The van der Waals surface area contributed by atoms with Crippen molar-refractivity contribution in [1.82, 2.24) is 20.8 Å². The first-order chi connectivity index (χ1) is 9.15. The Morgan fingerprint density at radius 3 is 2.79 bits per heavy atom. The van der Waals surface area contributed by atoms with Gasteiger partial charge in [-0.05, 0) is 12.1 Å². The topological polar surface area (TPSA) is 93.2 Å². The van der Waals surface area contributed by atoms with Gasteiger partial charge in [0.25, 0.3) is 0 Å². The highest BCUT2D eigenvalue weighted by Crippen LogP contribution is 2.09. The smallest absolute Gasteiger partial charge is 0.315 e. The molecule has 0 aliphatic carbocycles. The standard InChI is InChI=1S/C12H16N4O3/c1-8(2)11-15-10(19-16-11)7-14-12(17)13-6-9-4-3-5-18-9/h3-5,8H,6-7H2,1-2H3,(H2,13,14,17). The highest BCUT2D eigenvalue weighted by Gasteiger charge is 2.10. The number of nitrogens with one attached hydrogen (secondary N) is 2. The molecule has 2 aromatic heterocycles. The van der Waals surface area contributed by atoms with Gasteiger partial charge in [-0.3, -0.25) is 0 Å². The predicted molar refractivity (Wildman–Crippen MR) is 66.2 cm³/mol. The molecule has 0 aliphatic heterocycles. The first-order valence-corrected chi connectivity index (χ1v) is 6.01. The largest absolute Gasteiger partial charge is 0.467 e. The molecule has 7 heteroatoms. The third-order valence-corrected chi connectivity index (χ3v) is 2.40. The van der Waals surface area contributed by atoms with Gasteiger partial charge in [-0.1, -0.05) is 19.0 Å². The zero-order chi connectivity index (χ0) is 13.7. The molecule has 19 heavy (non-hydrogen) atoms. The number of hydrogen-bond acceptors (Lipinski definition) is 5. The van der Waals surface area contributed by atoms with Crippen LogP contribution in [0.3, 0.4) is 0 Å². The quantitative estimate of drug-likeness (QED) is 0.858. The molecule has 2 rings (SSSR count). The minimum atomic E-state index is -0.319. The van der Waals surface area contributed by atoms with Crippen LogP contribution in [0.2, 0.25) is 0 Å². The minimum absolute atomic E-state index is 0.198. The van der Waals surface area contributed by atoms with Crippen molar-refractivity contribution in [2.75, 3.05) is 0 Å². The Morgan fingerprint density at radius 1 is 1.37 bits per heavy atom. The van der Waals surface area contributed by atoms with Crippen molar-refractivity contribution in [3.63, 3.8) is 0 Å². The van der Waals surface area contributed by atoms with E-state index in [9.17, 15) is 4.79 Å². The minimum Gasteiger partial charge on any atom is -0.467 e. The summed E-state index contributed by atoms with van der Waals surface area (Å²) in [6.07, 6.45) is 1.56. The van der Waals surface area contributed by atoms with E-state index in [-0.39, 0.29) is 18.5 Å². The summed E-state index contributed by atoms with van der Waals surface area (Å²) in [5, 5.41) is 9.08. The van der Waals surface area contributed by atoms with Gasteiger partial charge in [-0.2, -0.15) is 4.98 Å². The van der Waals surface area contributed by atoms with Crippen molar-refractivity contribution in [2.24, 2.45) is 0 Å². The first kappa shape index (κ1) is 13.1. The number of rotatable bonds is 5. The zero-order valence-electron chi connectivity index (χ0n) is 10.8. The van der Waals surface area contributed by atoms with Crippen LogP contribution in [-0.4, -0.2) is 16.2 Å². The van der Waals surface area contributed by atoms with Crippen molar-refractivity contribution in [3.8, 4) is 0 Å². The molecule has 0 aromatic carbocycles. The van der Waals surface area contributed by atoms with E-state index < -0.39 is 0 Å². The van der Waals surface area contributed by atoms with Gasteiger partial charge in [0, 0.05) is 5.92 Å². The fraction of sp³-hybridized carbons (Fsp3) is 0.417. The summed E-state index contributed by atoms with van der Waals surface area (Å²) in [7, 11) is 0. The first-order valence-electron chi connectivity index (χ1n) is 6.01. The van der Waals surface area contributed by atoms with Crippen molar-refractivity contribution in [2.45, 2.75) is 32.9 Å². The van der Waals surface area contributed by atoms with E-state index in [1.165, 1.54) is 0 Å². The van der Waals surface area contributed by atoms with Gasteiger partial charge in [-0.25, -0.2) is 4.79 Å². The lowest BCUT2D eigenvalue weighted by molar-refractivity contribution is 0.237. The molecule has 0 aliphatic rings. The van der Waals surface area contributed by atoms with Crippen LogP contribution in [0.5, 0.6) is 0 Å². The normalized spacial score (nSPS) is 10.7. The van der Waals surface area contributed by atoms with E-state index in [0.29, 0.717) is 24.0 Å². The maximum Gasteiger partial charge on any atom is 0.315 e. The van der Waals surface area contributed by atoms with Gasteiger partial charge in [0.2, 0.25) is 5.89 Å². The van der Waals surface area contributed by atoms with Crippen molar-refractivity contribution in [1.29, 1.82) is 0 Å². The summed E-state index contributed by atoms with van der Waals surface area (Å²) in [5.41, 5.74) is 0. The van der Waals surface area contributed by atoms with Crippen LogP contribution in [0, 0.1) is 0 Å². The number of carbonyl (C=O) groups is 1. The molecule has 0 saturated carbocycles. The van der Waals surface area contributed by atoms with Gasteiger partial charge in [-0.15, -0.1) is 0 Å². The second kappa shape index (κ2) is 6.03. The summed E-state index contributed by atoms with van der Waals surface area (Å²) >= 11 is 0. The monoisotopic (exact) mass is 264 g/mol. The van der Waals surface area contributed by atoms with Crippen LogP contribution in [0.4, 0.5) is 4.79 Å². The average molecular weight is 264 g/mol. The summed E-state index contributed by atoms with van der Waals surface area (Å²) in [4.78, 5) is 15.7. The molecule has 0 unspecified atom stereocenters. The fourth-order valence-electron chi connectivity index (χ4n) is 1.37. The third kappa shape index (κ3) is 3.84. The Kier molecular flexibility index (Phi) is 4.17. The average Bonchev–Trinajstić information content (AvgIpc) is 3.05. The number of carbonyl (C=O) groups excluding carboxylic acids is 1. The van der Waals surface area contributed by atoms with E-state index in [1.54, 1.807) is 18.4 Å². The number of nitrogens with zero attached hydrogens (tertiary/aromatic N) is 2.